The van der Waals surface area contributed by atoms with Crippen molar-refractivity contribution in [2.75, 3.05) is 0 Å². The third-order valence-electron chi connectivity index (χ3n) is 5.31. The predicted molar refractivity (Wildman–Crippen MR) is 76.9 cm³/mol. The van der Waals surface area contributed by atoms with Crippen LogP contribution < -0.4 is 0 Å². The average molecular weight is 266 g/mol. The number of fused-ring (bicyclic) bond motifs is 6. The van der Waals surface area contributed by atoms with E-state index in [1.165, 1.54) is 0 Å². The first kappa shape index (κ1) is 12.1. The van der Waals surface area contributed by atoms with Gasteiger partial charge in [-0.25, -0.2) is 0 Å². The molecule has 0 spiro atoms. The lowest BCUT2D eigenvalue weighted by atomic mass is 9.69. The Morgan fingerprint density at radius 1 is 0.950 bits per heavy atom. The summed E-state index contributed by atoms with van der Waals surface area (Å²) in [6.07, 6.45) is 5.27. The Kier molecular flexibility index (Phi) is 2.36. The molecule has 1 aromatic carbocycles. The van der Waals surface area contributed by atoms with Gasteiger partial charge in [0.2, 0.25) is 0 Å². The van der Waals surface area contributed by atoms with Crippen LogP contribution in [0.4, 0.5) is 0 Å². The number of Topliss-reactive ketones (excluding diaryl/α,β-unsaturated/α-hetero) is 2. The van der Waals surface area contributed by atoms with E-state index in [4.69, 9.17) is 0 Å². The highest BCUT2D eigenvalue weighted by Gasteiger charge is 2.54. The minimum atomic E-state index is -0.0904. The summed E-state index contributed by atoms with van der Waals surface area (Å²) in [4.78, 5) is 25.6. The molecule has 1 fully saturated rings. The highest BCUT2D eigenvalue weighted by atomic mass is 16.1. The topological polar surface area (TPSA) is 34.1 Å². The Bertz CT molecular complexity index is 653. The first-order chi connectivity index (χ1) is 9.58. The summed E-state index contributed by atoms with van der Waals surface area (Å²) in [5, 5.41) is 0. The van der Waals surface area contributed by atoms with E-state index in [1.807, 2.05) is 18.2 Å². The molecule has 0 heterocycles. The summed E-state index contributed by atoms with van der Waals surface area (Å²) in [5.74, 6) is 1.17. The van der Waals surface area contributed by atoms with Crippen molar-refractivity contribution in [3.63, 3.8) is 0 Å². The molecule has 2 bridgehead atoms. The number of benzene rings is 1. The molecule has 2 nitrogen and oxygen atoms in total. The summed E-state index contributed by atoms with van der Waals surface area (Å²) in [6, 6.07) is 5.82. The van der Waals surface area contributed by atoms with Crippen molar-refractivity contribution in [1.82, 2.24) is 0 Å². The van der Waals surface area contributed by atoms with Gasteiger partial charge in [0.1, 0.15) is 0 Å². The van der Waals surface area contributed by atoms with Crippen molar-refractivity contribution in [2.24, 2.45) is 23.7 Å². The second-order valence-electron chi connectivity index (χ2n) is 6.69. The monoisotopic (exact) mass is 266 g/mol. The molecule has 102 valence electrons. The molecule has 20 heavy (non-hydrogen) atoms. The zero-order chi connectivity index (χ0) is 14.0. The first-order valence-corrected chi connectivity index (χ1v) is 7.48. The second kappa shape index (κ2) is 3.91. The summed E-state index contributed by atoms with van der Waals surface area (Å²) in [6.45, 7) is 4.22. The van der Waals surface area contributed by atoms with E-state index in [2.05, 4.69) is 26.0 Å². The van der Waals surface area contributed by atoms with Crippen molar-refractivity contribution >= 4 is 11.6 Å². The van der Waals surface area contributed by atoms with Gasteiger partial charge in [-0.2, -0.15) is 0 Å². The van der Waals surface area contributed by atoms with Gasteiger partial charge in [-0.05, 0) is 35.8 Å². The fourth-order valence-corrected chi connectivity index (χ4v) is 4.24. The van der Waals surface area contributed by atoms with Crippen LogP contribution in [-0.4, -0.2) is 11.6 Å². The molecular weight excluding hydrogens is 248 g/mol. The number of carbonyl (C=O) groups excluding carboxylic acids is 2. The third kappa shape index (κ3) is 1.39. The molecule has 4 rings (SSSR count). The molecule has 4 unspecified atom stereocenters. The van der Waals surface area contributed by atoms with Crippen LogP contribution in [0, 0.1) is 23.7 Å². The number of carbonyl (C=O) groups is 2. The van der Waals surface area contributed by atoms with Gasteiger partial charge < -0.3 is 0 Å². The molecular formula is C18H18O2. The van der Waals surface area contributed by atoms with Gasteiger partial charge in [0.25, 0.3) is 0 Å². The minimum Gasteiger partial charge on any atom is -0.294 e. The molecule has 0 aromatic heterocycles. The quantitative estimate of drug-likeness (QED) is 0.727. The van der Waals surface area contributed by atoms with E-state index >= 15 is 0 Å². The molecule has 2 heteroatoms. The Morgan fingerprint density at radius 2 is 1.55 bits per heavy atom. The maximum Gasteiger partial charge on any atom is 0.168 e. The van der Waals surface area contributed by atoms with E-state index in [0.29, 0.717) is 23.0 Å². The number of allylic oxidation sites excluding steroid dienone is 2. The van der Waals surface area contributed by atoms with Crippen LogP contribution >= 0.6 is 0 Å². The van der Waals surface area contributed by atoms with E-state index in [1.54, 1.807) is 0 Å². The molecule has 3 aliphatic carbocycles. The van der Waals surface area contributed by atoms with E-state index in [0.717, 1.165) is 12.0 Å². The van der Waals surface area contributed by atoms with E-state index in [-0.39, 0.29) is 29.3 Å². The Hall–Kier alpha value is -1.70. The number of hydrogen-bond donors (Lipinski definition) is 0. The molecule has 0 radical (unpaired) electrons. The molecule has 1 aromatic rings. The SMILES string of the molecule is CC(C)c1ccc2c(c1)C(=O)C1C3C=CC(C3)C1C2=O. The average Bonchev–Trinajstić information content (AvgIpc) is 3.05. The standard InChI is InChI=1S/C18H18O2/c1-9(2)10-5-6-13-14(8-10)18(20)16-12-4-3-11(7-12)15(16)17(13)19/h3-6,8-9,11-12,15-16H,7H2,1-2H3. The van der Waals surface area contributed by atoms with Crippen LogP contribution in [0.3, 0.4) is 0 Å². The van der Waals surface area contributed by atoms with Crippen molar-refractivity contribution in [3.05, 3.63) is 47.0 Å². The highest BCUT2D eigenvalue weighted by Crippen LogP contribution is 2.52. The number of ketones is 2. The first-order valence-electron chi connectivity index (χ1n) is 7.48. The highest BCUT2D eigenvalue weighted by molar-refractivity contribution is 6.16. The van der Waals surface area contributed by atoms with Gasteiger partial charge in [-0.1, -0.05) is 38.1 Å². The normalized spacial score (nSPS) is 33.8. The lowest BCUT2D eigenvalue weighted by molar-refractivity contribution is 0.0720. The zero-order valence-electron chi connectivity index (χ0n) is 11.8. The van der Waals surface area contributed by atoms with Gasteiger partial charge >= 0.3 is 0 Å². The molecule has 1 saturated carbocycles. The van der Waals surface area contributed by atoms with Crippen LogP contribution in [0.2, 0.25) is 0 Å². The summed E-state index contributed by atoms with van der Waals surface area (Å²) in [5.41, 5.74) is 2.46. The fraction of sp³-hybridized carbons (Fsp3) is 0.444. The zero-order valence-corrected chi connectivity index (χ0v) is 11.8. The number of rotatable bonds is 1. The predicted octanol–water partition coefficient (Wildman–Crippen LogP) is 3.63. The van der Waals surface area contributed by atoms with E-state index < -0.39 is 0 Å². The third-order valence-corrected chi connectivity index (χ3v) is 5.31. The molecule has 0 amide bonds. The van der Waals surface area contributed by atoms with Gasteiger partial charge in [-0.3, -0.25) is 9.59 Å². The van der Waals surface area contributed by atoms with Gasteiger partial charge in [0, 0.05) is 23.0 Å². The maximum atomic E-state index is 12.8. The van der Waals surface area contributed by atoms with Crippen LogP contribution in [0.25, 0.3) is 0 Å². The Labute approximate surface area is 118 Å². The summed E-state index contributed by atoms with van der Waals surface area (Å²) < 4.78 is 0. The van der Waals surface area contributed by atoms with Crippen molar-refractivity contribution in [3.8, 4) is 0 Å². The van der Waals surface area contributed by atoms with Gasteiger partial charge in [0.05, 0.1) is 0 Å². The lowest BCUT2D eigenvalue weighted by Crippen LogP contribution is -2.39. The van der Waals surface area contributed by atoms with Crippen molar-refractivity contribution in [2.45, 2.75) is 26.2 Å². The maximum absolute atomic E-state index is 12.8. The lowest BCUT2D eigenvalue weighted by Gasteiger charge is -2.31. The molecule has 0 saturated heterocycles. The number of hydrogen-bond acceptors (Lipinski definition) is 2. The Balaban J connectivity index is 1.87. The fourth-order valence-electron chi connectivity index (χ4n) is 4.24. The minimum absolute atomic E-state index is 0.0881. The second-order valence-corrected chi connectivity index (χ2v) is 6.69. The molecule has 3 aliphatic rings. The summed E-state index contributed by atoms with van der Waals surface area (Å²) in [7, 11) is 0. The van der Waals surface area contributed by atoms with Crippen LogP contribution in [0.15, 0.2) is 30.4 Å². The smallest absolute Gasteiger partial charge is 0.168 e. The van der Waals surface area contributed by atoms with Crippen LogP contribution in [-0.2, 0) is 0 Å². The molecule has 4 atom stereocenters. The summed E-state index contributed by atoms with van der Waals surface area (Å²) >= 11 is 0. The van der Waals surface area contributed by atoms with Crippen molar-refractivity contribution < 1.29 is 9.59 Å². The van der Waals surface area contributed by atoms with Crippen LogP contribution in [0.1, 0.15) is 52.5 Å². The van der Waals surface area contributed by atoms with Crippen LogP contribution in [0.5, 0.6) is 0 Å². The molecule has 0 N–H and O–H groups in total. The van der Waals surface area contributed by atoms with Gasteiger partial charge in [0.15, 0.2) is 11.6 Å². The molecule has 0 aliphatic heterocycles. The Morgan fingerprint density at radius 3 is 2.15 bits per heavy atom. The van der Waals surface area contributed by atoms with Crippen molar-refractivity contribution in [1.29, 1.82) is 0 Å². The van der Waals surface area contributed by atoms with Gasteiger partial charge in [-0.15, -0.1) is 0 Å². The largest absolute Gasteiger partial charge is 0.294 e. The van der Waals surface area contributed by atoms with E-state index in [9.17, 15) is 9.59 Å².